The second kappa shape index (κ2) is 5.11. The SMILES string of the molecule is Nc1ccc(CNc2ncc(I)cn2)cc1. The van der Waals surface area contributed by atoms with E-state index >= 15 is 0 Å². The fourth-order valence-corrected chi connectivity index (χ4v) is 1.50. The highest BCUT2D eigenvalue weighted by atomic mass is 127. The molecule has 3 N–H and O–H groups in total. The van der Waals surface area contributed by atoms with Crippen LogP contribution in [0.25, 0.3) is 0 Å². The third-order valence-electron chi connectivity index (χ3n) is 2.05. The summed E-state index contributed by atoms with van der Waals surface area (Å²) in [6.45, 7) is 0.695. The molecule has 0 amide bonds. The van der Waals surface area contributed by atoms with E-state index in [1.54, 1.807) is 12.4 Å². The quantitative estimate of drug-likeness (QED) is 0.671. The summed E-state index contributed by atoms with van der Waals surface area (Å²) in [6, 6.07) is 7.72. The van der Waals surface area contributed by atoms with Crippen LogP contribution in [-0.2, 0) is 6.54 Å². The van der Waals surface area contributed by atoms with Gasteiger partial charge in [-0.2, -0.15) is 0 Å². The summed E-state index contributed by atoms with van der Waals surface area (Å²) in [5.74, 6) is 0.636. The van der Waals surface area contributed by atoms with Crippen LogP contribution in [-0.4, -0.2) is 9.97 Å². The van der Waals surface area contributed by atoms with Crippen LogP contribution in [0.15, 0.2) is 36.7 Å². The molecule has 1 heterocycles. The lowest BCUT2D eigenvalue weighted by molar-refractivity contribution is 1.05. The van der Waals surface area contributed by atoms with Crippen molar-refractivity contribution in [2.24, 2.45) is 0 Å². The molecule has 0 bridgehead atoms. The van der Waals surface area contributed by atoms with E-state index < -0.39 is 0 Å². The predicted octanol–water partition coefficient (Wildman–Crippen LogP) is 2.28. The summed E-state index contributed by atoms with van der Waals surface area (Å²) in [5.41, 5.74) is 7.53. The van der Waals surface area contributed by atoms with E-state index in [-0.39, 0.29) is 0 Å². The van der Waals surface area contributed by atoms with Gasteiger partial charge in [0.15, 0.2) is 0 Å². The topological polar surface area (TPSA) is 63.8 Å². The molecule has 2 aromatic rings. The van der Waals surface area contributed by atoms with E-state index in [0.29, 0.717) is 12.5 Å². The van der Waals surface area contributed by atoms with Crippen molar-refractivity contribution in [2.45, 2.75) is 6.54 Å². The van der Waals surface area contributed by atoms with Crippen LogP contribution in [0.4, 0.5) is 11.6 Å². The van der Waals surface area contributed by atoms with Gasteiger partial charge < -0.3 is 11.1 Å². The molecular formula is C11H11IN4. The van der Waals surface area contributed by atoms with Crippen molar-refractivity contribution in [1.82, 2.24) is 9.97 Å². The Morgan fingerprint density at radius 1 is 1.12 bits per heavy atom. The molecule has 0 saturated carbocycles. The number of benzene rings is 1. The summed E-state index contributed by atoms with van der Waals surface area (Å²) in [4.78, 5) is 8.31. The van der Waals surface area contributed by atoms with Crippen molar-refractivity contribution in [3.8, 4) is 0 Å². The van der Waals surface area contributed by atoms with Gasteiger partial charge in [0.25, 0.3) is 0 Å². The van der Waals surface area contributed by atoms with Gasteiger partial charge in [0.1, 0.15) is 0 Å². The highest BCUT2D eigenvalue weighted by molar-refractivity contribution is 14.1. The van der Waals surface area contributed by atoms with Crippen molar-refractivity contribution >= 4 is 34.2 Å². The average Bonchev–Trinajstić information content (AvgIpc) is 2.30. The molecule has 82 valence electrons. The fraction of sp³-hybridized carbons (Fsp3) is 0.0909. The van der Waals surface area contributed by atoms with Crippen molar-refractivity contribution in [3.63, 3.8) is 0 Å². The maximum absolute atomic E-state index is 5.60. The number of hydrogen-bond acceptors (Lipinski definition) is 4. The van der Waals surface area contributed by atoms with Crippen molar-refractivity contribution in [2.75, 3.05) is 11.1 Å². The molecule has 0 fully saturated rings. The maximum atomic E-state index is 5.60. The number of anilines is 2. The fourth-order valence-electron chi connectivity index (χ4n) is 1.22. The van der Waals surface area contributed by atoms with E-state index in [4.69, 9.17) is 5.73 Å². The number of nitrogens with zero attached hydrogens (tertiary/aromatic N) is 2. The molecule has 0 atom stereocenters. The summed E-state index contributed by atoms with van der Waals surface area (Å²) < 4.78 is 1.02. The molecular weight excluding hydrogens is 315 g/mol. The lowest BCUT2D eigenvalue weighted by Gasteiger charge is -2.04. The molecule has 4 nitrogen and oxygen atoms in total. The molecule has 1 aromatic heterocycles. The Hall–Kier alpha value is -1.37. The summed E-state index contributed by atoms with van der Waals surface area (Å²) in [7, 11) is 0. The Morgan fingerprint density at radius 2 is 1.75 bits per heavy atom. The molecule has 0 aliphatic heterocycles. The molecule has 2 rings (SSSR count). The number of nitrogens with two attached hydrogens (primary N) is 1. The number of rotatable bonds is 3. The van der Waals surface area contributed by atoms with Gasteiger partial charge in [-0.3, -0.25) is 0 Å². The van der Waals surface area contributed by atoms with Gasteiger partial charge in [-0.15, -0.1) is 0 Å². The predicted molar refractivity (Wildman–Crippen MR) is 72.9 cm³/mol. The number of halogens is 1. The van der Waals surface area contributed by atoms with E-state index in [1.807, 2.05) is 24.3 Å². The molecule has 0 saturated heterocycles. The van der Waals surface area contributed by atoms with Crippen LogP contribution >= 0.6 is 22.6 Å². The minimum Gasteiger partial charge on any atom is -0.399 e. The van der Waals surface area contributed by atoms with E-state index in [2.05, 4.69) is 37.9 Å². The second-order valence-electron chi connectivity index (χ2n) is 3.32. The Bertz CT molecular complexity index is 407. The highest BCUT2D eigenvalue weighted by Gasteiger charge is 1.96. The van der Waals surface area contributed by atoms with E-state index in [9.17, 15) is 0 Å². The Labute approximate surface area is 107 Å². The third kappa shape index (κ3) is 3.06. The standard InChI is InChI=1S/C11H11IN4/c12-9-6-15-11(16-7-9)14-5-8-1-3-10(13)4-2-8/h1-4,6-7H,5,13H2,(H,14,15,16). The first kappa shape index (κ1) is 11.1. The zero-order valence-electron chi connectivity index (χ0n) is 8.52. The first-order valence-corrected chi connectivity index (χ1v) is 5.88. The second-order valence-corrected chi connectivity index (χ2v) is 4.57. The van der Waals surface area contributed by atoms with E-state index in [0.717, 1.165) is 14.8 Å². The summed E-state index contributed by atoms with van der Waals surface area (Å²) >= 11 is 2.17. The Morgan fingerprint density at radius 3 is 2.38 bits per heavy atom. The smallest absolute Gasteiger partial charge is 0.222 e. The first-order valence-electron chi connectivity index (χ1n) is 4.80. The van der Waals surface area contributed by atoms with Gasteiger partial charge in [-0.25, -0.2) is 9.97 Å². The van der Waals surface area contributed by atoms with Gasteiger partial charge in [0.05, 0.1) is 0 Å². The molecule has 5 heteroatoms. The van der Waals surface area contributed by atoms with Crippen LogP contribution in [0.2, 0.25) is 0 Å². The van der Waals surface area contributed by atoms with Crippen LogP contribution in [0.5, 0.6) is 0 Å². The van der Waals surface area contributed by atoms with Crippen molar-refractivity contribution < 1.29 is 0 Å². The summed E-state index contributed by atoms with van der Waals surface area (Å²) in [6.07, 6.45) is 3.55. The van der Waals surface area contributed by atoms with Gasteiger partial charge in [-0.05, 0) is 40.3 Å². The molecule has 0 aliphatic carbocycles. The van der Waals surface area contributed by atoms with Gasteiger partial charge in [0, 0.05) is 28.2 Å². The van der Waals surface area contributed by atoms with E-state index in [1.165, 1.54) is 0 Å². The number of nitrogens with one attached hydrogen (secondary N) is 1. The van der Waals surface area contributed by atoms with Crippen LogP contribution in [0.1, 0.15) is 5.56 Å². The molecule has 0 spiro atoms. The average molecular weight is 326 g/mol. The van der Waals surface area contributed by atoms with Crippen LogP contribution < -0.4 is 11.1 Å². The number of hydrogen-bond donors (Lipinski definition) is 2. The highest BCUT2D eigenvalue weighted by Crippen LogP contribution is 2.08. The molecule has 0 unspecified atom stereocenters. The molecule has 0 radical (unpaired) electrons. The lowest BCUT2D eigenvalue weighted by atomic mass is 10.2. The van der Waals surface area contributed by atoms with Crippen molar-refractivity contribution in [3.05, 3.63) is 45.8 Å². The Kier molecular flexibility index (Phi) is 3.55. The third-order valence-corrected chi connectivity index (χ3v) is 2.61. The molecule has 1 aromatic carbocycles. The zero-order chi connectivity index (χ0) is 11.4. The van der Waals surface area contributed by atoms with Crippen LogP contribution in [0, 0.1) is 3.57 Å². The number of aromatic nitrogens is 2. The normalized spacial score (nSPS) is 10.1. The van der Waals surface area contributed by atoms with Gasteiger partial charge in [-0.1, -0.05) is 12.1 Å². The van der Waals surface area contributed by atoms with Crippen molar-refractivity contribution in [1.29, 1.82) is 0 Å². The minimum atomic E-state index is 0.636. The zero-order valence-corrected chi connectivity index (χ0v) is 10.7. The summed E-state index contributed by atoms with van der Waals surface area (Å²) in [5, 5.41) is 3.14. The Balaban J connectivity index is 1.97. The molecule has 0 aliphatic rings. The largest absolute Gasteiger partial charge is 0.399 e. The monoisotopic (exact) mass is 326 g/mol. The van der Waals surface area contributed by atoms with Gasteiger partial charge >= 0.3 is 0 Å². The van der Waals surface area contributed by atoms with Gasteiger partial charge in [0.2, 0.25) is 5.95 Å². The lowest BCUT2D eigenvalue weighted by Crippen LogP contribution is -2.03. The molecule has 16 heavy (non-hydrogen) atoms. The maximum Gasteiger partial charge on any atom is 0.222 e. The first-order chi connectivity index (χ1) is 7.74. The van der Waals surface area contributed by atoms with Crippen LogP contribution in [0.3, 0.4) is 0 Å². The number of nitrogen functional groups attached to an aromatic ring is 1. The minimum absolute atomic E-state index is 0.636.